The highest BCUT2D eigenvalue weighted by atomic mass is 19.4. The lowest BCUT2D eigenvalue weighted by molar-refractivity contribution is -0.137. The van der Waals surface area contributed by atoms with E-state index in [4.69, 9.17) is 0 Å². The summed E-state index contributed by atoms with van der Waals surface area (Å²) in [5, 5.41) is 2.92. The van der Waals surface area contributed by atoms with Crippen LogP contribution in [0.25, 0.3) is 6.08 Å². The number of likely N-dealkylation sites (N-methyl/N-ethyl adjacent to an activating group) is 1. The highest BCUT2D eigenvalue weighted by molar-refractivity contribution is 5.58. The zero-order chi connectivity index (χ0) is 14.6. The molecular weight excluding hydrogens is 258 g/mol. The Hall–Kier alpha value is -1.36. The van der Waals surface area contributed by atoms with Gasteiger partial charge >= 0.3 is 6.18 Å². The van der Waals surface area contributed by atoms with Gasteiger partial charge in [0.05, 0.1) is 5.56 Å². The molecule has 1 nitrogen and oxygen atoms in total. The summed E-state index contributed by atoms with van der Waals surface area (Å²) in [5.74, 6) is -0.775. The van der Waals surface area contributed by atoms with Crippen molar-refractivity contribution in [2.75, 3.05) is 13.6 Å². The summed E-state index contributed by atoms with van der Waals surface area (Å²) in [6.07, 6.45) is -3.08. The number of hydrogen-bond donors (Lipinski definition) is 1. The van der Waals surface area contributed by atoms with Gasteiger partial charge in [0.2, 0.25) is 0 Å². The van der Waals surface area contributed by atoms with Crippen LogP contribution in [-0.4, -0.2) is 13.6 Å². The fourth-order valence-corrected chi connectivity index (χ4v) is 1.73. The number of halogens is 4. The Labute approximate surface area is 110 Å². The molecule has 106 valence electrons. The molecule has 0 spiro atoms. The molecule has 0 bridgehead atoms. The Balaban J connectivity index is 3.30. The minimum atomic E-state index is -4.56. The molecule has 0 fully saturated rings. The van der Waals surface area contributed by atoms with Gasteiger partial charge in [0.1, 0.15) is 5.82 Å². The Bertz CT molecular complexity index is 461. The number of nitrogens with one attached hydrogen (secondary N) is 1. The van der Waals surface area contributed by atoms with Crippen molar-refractivity contribution < 1.29 is 17.6 Å². The third-order valence-electron chi connectivity index (χ3n) is 2.78. The molecule has 0 heterocycles. The van der Waals surface area contributed by atoms with E-state index in [9.17, 15) is 17.6 Å². The maximum Gasteiger partial charge on any atom is 0.417 e. The van der Waals surface area contributed by atoms with E-state index in [2.05, 4.69) is 5.32 Å². The zero-order valence-corrected chi connectivity index (χ0v) is 11.1. The molecule has 0 aliphatic carbocycles. The quantitative estimate of drug-likeness (QED) is 0.816. The predicted molar refractivity (Wildman–Crippen MR) is 68.1 cm³/mol. The van der Waals surface area contributed by atoms with Crippen molar-refractivity contribution >= 4 is 6.08 Å². The third kappa shape index (κ3) is 4.35. The minimum absolute atomic E-state index is 0.00662. The molecule has 0 atom stereocenters. The summed E-state index contributed by atoms with van der Waals surface area (Å²) in [6.45, 7) is 4.30. The molecule has 0 saturated carbocycles. The van der Waals surface area contributed by atoms with Crippen LogP contribution in [0.2, 0.25) is 0 Å². The van der Waals surface area contributed by atoms with E-state index >= 15 is 0 Å². The number of rotatable bonds is 4. The second-order valence-corrected chi connectivity index (χ2v) is 4.63. The molecule has 1 aromatic carbocycles. The van der Waals surface area contributed by atoms with Crippen LogP contribution in [0.5, 0.6) is 0 Å². The molecule has 0 aromatic heterocycles. The van der Waals surface area contributed by atoms with Gasteiger partial charge in [-0.1, -0.05) is 31.6 Å². The highest BCUT2D eigenvalue weighted by Crippen LogP contribution is 2.33. The minimum Gasteiger partial charge on any atom is -0.316 e. The van der Waals surface area contributed by atoms with Gasteiger partial charge in [-0.15, -0.1) is 0 Å². The first-order chi connectivity index (χ1) is 8.75. The predicted octanol–water partition coefficient (Wildman–Crippen LogP) is 4.10. The summed E-state index contributed by atoms with van der Waals surface area (Å²) in [5.41, 5.74) is -0.116. The Kier molecular flexibility index (Phi) is 5.11. The van der Waals surface area contributed by atoms with E-state index in [0.717, 1.165) is 17.7 Å². The smallest absolute Gasteiger partial charge is 0.316 e. The van der Waals surface area contributed by atoms with Gasteiger partial charge in [-0.3, -0.25) is 0 Å². The van der Waals surface area contributed by atoms with E-state index in [0.29, 0.717) is 12.6 Å². The topological polar surface area (TPSA) is 12.0 Å². The first kappa shape index (κ1) is 15.7. The summed E-state index contributed by atoms with van der Waals surface area (Å²) < 4.78 is 51.6. The molecule has 1 aromatic rings. The van der Waals surface area contributed by atoms with Crippen LogP contribution < -0.4 is 5.32 Å². The molecule has 0 aliphatic heterocycles. The van der Waals surface area contributed by atoms with Crippen LogP contribution in [0.3, 0.4) is 0 Å². The van der Waals surface area contributed by atoms with Gasteiger partial charge in [-0.05, 0) is 30.7 Å². The normalized spacial score (nSPS) is 13.2. The number of benzene rings is 1. The molecule has 1 N–H and O–H groups in total. The van der Waals surface area contributed by atoms with Crippen LogP contribution in [0.4, 0.5) is 17.6 Å². The van der Waals surface area contributed by atoms with Crippen LogP contribution in [0.15, 0.2) is 23.8 Å². The number of hydrogen-bond acceptors (Lipinski definition) is 1. The van der Waals surface area contributed by atoms with Gasteiger partial charge in [0.15, 0.2) is 0 Å². The van der Waals surface area contributed by atoms with Crippen molar-refractivity contribution in [1.82, 2.24) is 5.32 Å². The fraction of sp³-hybridized carbons (Fsp3) is 0.429. The Morgan fingerprint density at radius 2 is 1.95 bits per heavy atom. The van der Waals surface area contributed by atoms with Crippen LogP contribution >= 0.6 is 0 Å². The average molecular weight is 275 g/mol. The number of alkyl halides is 3. The van der Waals surface area contributed by atoms with Crippen LogP contribution in [-0.2, 0) is 6.18 Å². The van der Waals surface area contributed by atoms with Crippen molar-refractivity contribution in [2.24, 2.45) is 5.92 Å². The van der Waals surface area contributed by atoms with E-state index in [1.807, 2.05) is 13.8 Å². The molecule has 1 rings (SSSR count). The molecule has 0 unspecified atom stereocenters. The van der Waals surface area contributed by atoms with Crippen LogP contribution in [0.1, 0.15) is 25.0 Å². The first-order valence-electron chi connectivity index (χ1n) is 5.97. The fourth-order valence-electron chi connectivity index (χ4n) is 1.73. The van der Waals surface area contributed by atoms with Crippen molar-refractivity contribution in [1.29, 1.82) is 0 Å². The van der Waals surface area contributed by atoms with Gasteiger partial charge < -0.3 is 5.32 Å². The van der Waals surface area contributed by atoms with Crippen molar-refractivity contribution in [3.8, 4) is 0 Å². The zero-order valence-electron chi connectivity index (χ0n) is 11.1. The SMILES string of the molecule is CNC/C(=C/c1ccc(F)cc1C(F)(F)F)C(C)C. The largest absolute Gasteiger partial charge is 0.417 e. The van der Waals surface area contributed by atoms with E-state index in [-0.39, 0.29) is 11.5 Å². The molecule has 0 aliphatic rings. The summed E-state index contributed by atoms with van der Waals surface area (Å²) in [6, 6.07) is 2.73. The van der Waals surface area contributed by atoms with Gasteiger partial charge in [-0.25, -0.2) is 4.39 Å². The van der Waals surface area contributed by atoms with Crippen LogP contribution in [0, 0.1) is 11.7 Å². The Morgan fingerprint density at radius 1 is 1.32 bits per heavy atom. The lowest BCUT2D eigenvalue weighted by Gasteiger charge is -2.14. The van der Waals surface area contributed by atoms with Crippen molar-refractivity contribution in [3.63, 3.8) is 0 Å². The molecule has 0 amide bonds. The molecule has 0 radical (unpaired) electrons. The molecule has 19 heavy (non-hydrogen) atoms. The van der Waals surface area contributed by atoms with Gasteiger partial charge in [0.25, 0.3) is 0 Å². The van der Waals surface area contributed by atoms with E-state index in [1.165, 1.54) is 6.08 Å². The van der Waals surface area contributed by atoms with Crippen molar-refractivity contribution in [2.45, 2.75) is 20.0 Å². The summed E-state index contributed by atoms with van der Waals surface area (Å²) >= 11 is 0. The standard InChI is InChI=1S/C14H17F4N/c1-9(2)11(8-19-3)6-10-4-5-12(15)7-13(10)14(16,17)18/h4-7,9,19H,8H2,1-3H3/b11-6-. The van der Waals surface area contributed by atoms with E-state index in [1.54, 1.807) is 7.05 Å². The molecule has 5 heteroatoms. The van der Waals surface area contributed by atoms with E-state index < -0.39 is 17.6 Å². The first-order valence-corrected chi connectivity index (χ1v) is 5.97. The lowest BCUT2D eigenvalue weighted by atomic mass is 9.97. The third-order valence-corrected chi connectivity index (χ3v) is 2.78. The van der Waals surface area contributed by atoms with Crippen molar-refractivity contribution in [3.05, 3.63) is 40.7 Å². The summed E-state index contributed by atoms with van der Waals surface area (Å²) in [7, 11) is 1.73. The second-order valence-electron chi connectivity index (χ2n) is 4.63. The monoisotopic (exact) mass is 275 g/mol. The van der Waals surface area contributed by atoms with Gasteiger partial charge in [0, 0.05) is 6.54 Å². The highest BCUT2D eigenvalue weighted by Gasteiger charge is 2.33. The van der Waals surface area contributed by atoms with Gasteiger partial charge in [-0.2, -0.15) is 13.2 Å². The maximum absolute atomic E-state index is 13.0. The summed E-state index contributed by atoms with van der Waals surface area (Å²) in [4.78, 5) is 0. The molecular formula is C14H17F4N. The average Bonchev–Trinajstić information content (AvgIpc) is 2.29. The lowest BCUT2D eigenvalue weighted by Crippen LogP contribution is -2.14. The second kappa shape index (κ2) is 6.19. The Morgan fingerprint density at radius 3 is 2.42 bits per heavy atom. The maximum atomic E-state index is 13.0. The molecule has 0 saturated heterocycles.